The van der Waals surface area contributed by atoms with E-state index in [1.165, 1.54) is 95.6 Å². The van der Waals surface area contributed by atoms with E-state index in [1.807, 2.05) is 6.07 Å². The summed E-state index contributed by atoms with van der Waals surface area (Å²) in [5, 5.41) is 48.5. The third kappa shape index (κ3) is 16.3. The second kappa shape index (κ2) is 27.3. The molecule has 0 spiro atoms. The third-order valence-corrected chi connectivity index (χ3v) is 10.6. The van der Waals surface area contributed by atoms with Gasteiger partial charge in [-0.3, -0.25) is 9.59 Å². The van der Waals surface area contributed by atoms with Gasteiger partial charge in [0.2, 0.25) is 11.8 Å². The predicted molar refractivity (Wildman–Crippen MR) is 218 cm³/mol. The molecule has 0 radical (unpaired) electrons. The normalized spacial score (nSPS) is 16.4. The van der Waals surface area contributed by atoms with Gasteiger partial charge in [0, 0.05) is 13.1 Å². The fourth-order valence-electron chi connectivity index (χ4n) is 6.79. The van der Waals surface area contributed by atoms with Crippen LogP contribution in [0, 0.1) is 10.8 Å². The molecule has 0 saturated heterocycles. The number of nitrogens with one attached hydrogen (secondary N) is 2. The number of allylic oxidation sites excluding steroid dienone is 4. The Kier molecular flexibility index (Phi) is 23.6. The maximum Gasteiger partial charge on any atom is 0.239 e. The van der Waals surface area contributed by atoms with E-state index in [1.54, 1.807) is 42.5 Å². The van der Waals surface area contributed by atoms with E-state index in [9.17, 15) is 30.0 Å². The number of unbranched alkanes of at least 4 members (excludes halogenated alkanes) is 18. The standard InChI is InChI=1S/C45H72N2O6/c1-3-5-7-9-10-11-12-13-14-15-16-17-18-19-20-25-33-47-43(53)44(42(52)46-32-24-8-6-4-2)30-28-39(29-31-44)35-41(51)45(36-48,37-49)40(50)34-38-26-22-21-23-27-38/h21-23,26-30,34-35,48-51H,3-20,24-25,31-33,36-37H2,1-2H3,(H,46,52)(H,47,53). The number of hydrogen-bond acceptors (Lipinski definition) is 6. The van der Waals surface area contributed by atoms with Gasteiger partial charge in [-0.1, -0.05) is 178 Å². The van der Waals surface area contributed by atoms with Gasteiger partial charge in [-0.15, -0.1) is 0 Å². The number of aliphatic hydroxyl groups is 4. The van der Waals surface area contributed by atoms with E-state index in [4.69, 9.17) is 0 Å². The minimum absolute atomic E-state index is 0.0747. The number of carbonyl (C=O) groups excluding carboxylic acids is 2. The van der Waals surface area contributed by atoms with Crippen LogP contribution in [-0.4, -0.2) is 58.5 Å². The summed E-state index contributed by atoms with van der Waals surface area (Å²) in [5.74, 6) is -1.55. The lowest BCUT2D eigenvalue weighted by Crippen LogP contribution is -2.51. The molecule has 53 heavy (non-hydrogen) atoms. The van der Waals surface area contributed by atoms with E-state index in [0.717, 1.165) is 44.9 Å². The molecule has 6 N–H and O–H groups in total. The summed E-state index contributed by atoms with van der Waals surface area (Å²) in [6.07, 6.45) is 32.1. The Morgan fingerprint density at radius 2 is 1.06 bits per heavy atom. The lowest BCUT2D eigenvalue weighted by Gasteiger charge is -2.31. The monoisotopic (exact) mass is 737 g/mol. The van der Waals surface area contributed by atoms with Gasteiger partial charge in [0.1, 0.15) is 22.3 Å². The van der Waals surface area contributed by atoms with Crippen LogP contribution < -0.4 is 10.6 Å². The van der Waals surface area contributed by atoms with E-state index in [2.05, 4.69) is 24.5 Å². The molecule has 0 aromatic heterocycles. The van der Waals surface area contributed by atoms with Crippen molar-refractivity contribution < 1.29 is 30.0 Å². The summed E-state index contributed by atoms with van der Waals surface area (Å²) < 4.78 is 0. The Labute approximate surface area is 320 Å². The third-order valence-electron chi connectivity index (χ3n) is 10.6. The van der Waals surface area contributed by atoms with Crippen molar-refractivity contribution in [2.45, 2.75) is 149 Å². The van der Waals surface area contributed by atoms with Gasteiger partial charge in [-0.2, -0.15) is 0 Å². The average molecular weight is 737 g/mol. The second-order valence-electron chi connectivity index (χ2n) is 15.0. The molecule has 0 saturated carbocycles. The minimum atomic E-state index is -1.83. The molecule has 1 aromatic rings. The molecule has 298 valence electrons. The van der Waals surface area contributed by atoms with Gasteiger partial charge < -0.3 is 31.1 Å². The minimum Gasteiger partial charge on any atom is -0.511 e. The van der Waals surface area contributed by atoms with Crippen molar-refractivity contribution in [2.75, 3.05) is 26.3 Å². The van der Waals surface area contributed by atoms with Gasteiger partial charge in [0.15, 0.2) is 0 Å². The van der Waals surface area contributed by atoms with Crippen LogP contribution in [-0.2, 0) is 9.59 Å². The fraction of sp³-hybridized carbons (Fsp3) is 0.644. The van der Waals surface area contributed by atoms with Crippen molar-refractivity contribution in [1.29, 1.82) is 0 Å². The first kappa shape index (κ1) is 45.8. The molecule has 1 unspecified atom stereocenters. The molecule has 1 aromatic carbocycles. The lowest BCUT2D eigenvalue weighted by atomic mass is 9.77. The highest BCUT2D eigenvalue weighted by molar-refractivity contribution is 6.07. The van der Waals surface area contributed by atoms with Crippen molar-refractivity contribution in [3.05, 3.63) is 77.3 Å². The van der Waals surface area contributed by atoms with Crippen LogP contribution in [0.1, 0.15) is 154 Å². The maximum absolute atomic E-state index is 13.7. The summed E-state index contributed by atoms with van der Waals surface area (Å²) in [5.41, 5.74) is -2.15. The van der Waals surface area contributed by atoms with Crippen molar-refractivity contribution in [3.63, 3.8) is 0 Å². The van der Waals surface area contributed by atoms with Crippen molar-refractivity contribution in [3.8, 4) is 0 Å². The van der Waals surface area contributed by atoms with Crippen LogP contribution >= 0.6 is 0 Å². The van der Waals surface area contributed by atoms with Gasteiger partial charge in [0.05, 0.1) is 13.2 Å². The largest absolute Gasteiger partial charge is 0.511 e. The molecule has 1 aliphatic carbocycles. The van der Waals surface area contributed by atoms with Crippen LogP contribution in [0.4, 0.5) is 0 Å². The van der Waals surface area contributed by atoms with Crippen LogP contribution in [0.2, 0.25) is 0 Å². The number of amides is 2. The molecule has 1 aliphatic rings. The molecule has 8 nitrogen and oxygen atoms in total. The summed E-state index contributed by atoms with van der Waals surface area (Å²) >= 11 is 0. The number of carbonyl (C=O) groups is 2. The summed E-state index contributed by atoms with van der Waals surface area (Å²) in [6, 6.07) is 8.91. The van der Waals surface area contributed by atoms with E-state index in [-0.39, 0.29) is 18.2 Å². The number of rotatable bonds is 30. The fourth-order valence-corrected chi connectivity index (χ4v) is 6.79. The summed E-state index contributed by atoms with van der Waals surface area (Å²) in [7, 11) is 0. The molecule has 0 aliphatic heterocycles. The Morgan fingerprint density at radius 1 is 0.642 bits per heavy atom. The van der Waals surface area contributed by atoms with Gasteiger partial charge >= 0.3 is 0 Å². The first-order valence-electron chi connectivity index (χ1n) is 20.8. The van der Waals surface area contributed by atoms with Crippen molar-refractivity contribution in [2.24, 2.45) is 10.8 Å². The highest BCUT2D eigenvalue weighted by Crippen LogP contribution is 2.36. The zero-order valence-corrected chi connectivity index (χ0v) is 33.1. The van der Waals surface area contributed by atoms with Crippen LogP contribution in [0.15, 0.2) is 71.7 Å². The lowest BCUT2D eigenvalue weighted by molar-refractivity contribution is -0.140. The molecule has 1 atom stereocenters. The first-order chi connectivity index (χ1) is 25.8. The van der Waals surface area contributed by atoms with Crippen molar-refractivity contribution in [1.82, 2.24) is 10.6 Å². The Hall–Kier alpha value is -3.36. The smallest absolute Gasteiger partial charge is 0.239 e. The summed E-state index contributed by atoms with van der Waals surface area (Å²) in [6.45, 7) is 3.89. The quantitative estimate of drug-likeness (QED) is 0.0264. The summed E-state index contributed by atoms with van der Waals surface area (Å²) in [4.78, 5) is 27.3. The number of benzene rings is 1. The highest BCUT2D eigenvalue weighted by atomic mass is 16.3. The predicted octanol–water partition coefficient (Wildman–Crippen LogP) is 9.95. The van der Waals surface area contributed by atoms with Crippen LogP contribution in [0.25, 0.3) is 6.08 Å². The Bertz CT molecular complexity index is 1280. The zero-order chi connectivity index (χ0) is 38.6. The molecular formula is C45H72N2O6. The zero-order valence-electron chi connectivity index (χ0n) is 33.1. The molecule has 2 amide bonds. The van der Waals surface area contributed by atoms with E-state index in [0.29, 0.717) is 24.2 Å². The Morgan fingerprint density at radius 3 is 1.47 bits per heavy atom. The SMILES string of the molecule is CCCCCCCCCCCCCCCCCCNC(=O)C1(C(=O)NCCCCCC)C=CC(C=C(O)C(CO)(CO)C(O)=Cc2ccccc2)=CC1. The topological polar surface area (TPSA) is 139 Å². The van der Waals surface area contributed by atoms with E-state index < -0.39 is 35.6 Å². The molecule has 0 heterocycles. The molecule has 0 fully saturated rings. The second-order valence-corrected chi connectivity index (χ2v) is 15.0. The number of aliphatic hydroxyl groups excluding tert-OH is 4. The number of hydrogen-bond donors (Lipinski definition) is 6. The average Bonchev–Trinajstić information content (AvgIpc) is 3.17. The van der Waals surface area contributed by atoms with Gasteiger partial charge in [-0.25, -0.2) is 0 Å². The Balaban J connectivity index is 1.91. The molecule has 0 bridgehead atoms. The molecule has 8 heteroatoms. The maximum atomic E-state index is 13.7. The van der Waals surface area contributed by atoms with Gasteiger partial charge in [-0.05, 0) is 42.6 Å². The van der Waals surface area contributed by atoms with E-state index >= 15 is 0 Å². The first-order valence-corrected chi connectivity index (χ1v) is 20.8. The highest BCUT2D eigenvalue weighted by Gasteiger charge is 2.44. The van der Waals surface area contributed by atoms with Crippen LogP contribution in [0.5, 0.6) is 0 Å². The van der Waals surface area contributed by atoms with Crippen LogP contribution in [0.3, 0.4) is 0 Å². The molecule has 2 rings (SSSR count). The van der Waals surface area contributed by atoms with Gasteiger partial charge in [0.25, 0.3) is 0 Å². The van der Waals surface area contributed by atoms with Crippen molar-refractivity contribution >= 4 is 17.9 Å². The molecular weight excluding hydrogens is 665 g/mol.